The zero-order valence-corrected chi connectivity index (χ0v) is 15.7. The molecule has 1 aromatic rings. The molecule has 2 unspecified atom stereocenters. The van der Waals surface area contributed by atoms with Crippen molar-refractivity contribution in [2.45, 2.75) is 25.9 Å². The number of aliphatic hydroxyl groups is 1. The Balaban J connectivity index is 0.00000264. The molecule has 0 radical (unpaired) electrons. The molecule has 1 saturated heterocycles. The highest BCUT2D eigenvalue weighted by Crippen LogP contribution is 2.15. The van der Waals surface area contributed by atoms with Gasteiger partial charge in [0.15, 0.2) is 5.96 Å². The lowest BCUT2D eigenvalue weighted by Gasteiger charge is -2.31. The number of halogens is 2. The van der Waals surface area contributed by atoms with E-state index in [1.807, 2.05) is 0 Å². The largest absolute Gasteiger partial charge is 0.491 e. The van der Waals surface area contributed by atoms with Gasteiger partial charge in [-0.15, -0.1) is 24.0 Å². The van der Waals surface area contributed by atoms with Crippen LogP contribution in [-0.4, -0.2) is 48.3 Å². The average Bonchev–Trinajstić information content (AvgIpc) is 2.52. The molecule has 0 amide bonds. The van der Waals surface area contributed by atoms with Crippen LogP contribution in [0.3, 0.4) is 0 Å². The third kappa shape index (κ3) is 6.90. The van der Waals surface area contributed by atoms with Gasteiger partial charge < -0.3 is 20.5 Å². The molecule has 1 aliphatic rings. The molecule has 7 heteroatoms. The van der Waals surface area contributed by atoms with Crippen LogP contribution in [-0.2, 0) is 0 Å². The smallest absolute Gasteiger partial charge is 0.191 e. The standard InChI is InChI=1S/C16H24FN3O2.HI/c1-12-3-2-8-20(10-12)16(18)19-9-14(21)11-22-15-6-4-13(17)5-7-15;/h4-7,12,14,21H,2-3,8-11H2,1H3,(H2,18,19);1H. The van der Waals surface area contributed by atoms with E-state index in [0.29, 0.717) is 17.6 Å². The molecule has 2 atom stereocenters. The quantitative estimate of drug-likeness (QED) is 0.421. The SMILES string of the molecule is CC1CCCN(C(N)=NCC(O)COc2ccc(F)cc2)C1.I. The van der Waals surface area contributed by atoms with Crippen LogP contribution in [0.1, 0.15) is 19.8 Å². The van der Waals surface area contributed by atoms with Crippen LogP contribution in [0.4, 0.5) is 4.39 Å². The van der Waals surface area contributed by atoms with Crippen LogP contribution in [0.5, 0.6) is 5.75 Å². The highest BCUT2D eigenvalue weighted by Gasteiger charge is 2.17. The van der Waals surface area contributed by atoms with Crippen molar-refractivity contribution < 1.29 is 14.2 Å². The van der Waals surface area contributed by atoms with Gasteiger partial charge in [0, 0.05) is 13.1 Å². The van der Waals surface area contributed by atoms with Crippen molar-refractivity contribution in [1.82, 2.24) is 4.90 Å². The summed E-state index contributed by atoms with van der Waals surface area (Å²) in [6.07, 6.45) is 1.59. The molecule has 3 N–H and O–H groups in total. The Hall–Kier alpha value is -1.09. The molecule has 2 rings (SSSR count). The lowest BCUT2D eigenvalue weighted by Crippen LogP contribution is -2.44. The van der Waals surface area contributed by atoms with Crippen molar-refractivity contribution in [2.24, 2.45) is 16.6 Å². The Kier molecular flexibility index (Phi) is 8.60. The highest BCUT2D eigenvalue weighted by atomic mass is 127. The number of guanidine groups is 1. The number of nitrogens with zero attached hydrogens (tertiary/aromatic N) is 2. The lowest BCUT2D eigenvalue weighted by atomic mass is 10.0. The number of aliphatic hydroxyl groups excluding tert-OH is 1. The third-order valence-corrected chi connectivity index (χ3v) is 3.70. The minimum absolute atomic E-state index is 0. The fourth-order valence-electron chi connectivity index (χ4n) is 2.47. The van der Waals surface area contributed by atoms with Gasteiger partial charge in [-0.1, -0.05) is 6.92 Å². The zero-order valence-electron chi connectivity index (χ0n) is 13.3. The predicted molar refractivity (Wildman–Crippen MR) is 99.8 cm³/mol. The first-order valence-corrected chi connectivity index (χ1v) is 7.66. The van der Waals surface area contributed by atoms with E-state index in [2.05, 4.69) is 16.8 Å². The number of benzene rings is 1. The van der Waals surface area contributed by atoms with Crippen LogP contribution >= 0.6 is 24.0 Å². The van der Waals surface area contributed by atoms with Gasteiger partial charge in [0.25, 0.3) is 0 Å². The van der Waals surface area contributed by atoms with E-state index in [-0.39, 0.29) is 42.9 Å². The maximum atomic E-state index is 12.8. The molecule has 1 fully saturated rings. The van der Waals surface area contributed by atoms with Crippen molar-refractivity contribution >= 4 is 29.9 Å². The van der Waals surface area contributed by atoms with Crippen LogP contribution < -0.4 is 10.5 Å². The summed E-state index contributed by atoms with van der Waals surface area (Å²) in [6, 6.07) is 5.67. The van der Waals surface area contributed by atoms with Gasteiger partial charge in [0.05, 0.1) is 6.54 Å². The monoisotopic (exact) mass is 437 g/mol. The van der Waals surface area contributed by atoms with Gasteiger partial charge in [-0.05, 0) is 43.0 Å². The highest BCUT2D eigenvalue weighted by molar-refractivity contribution is 14.0. The van der Waals surface area contributed by atoms with Gasteiger partial charge in [-0.3, -0.25) is 4.99 Å². The second kappa shape index (κ2) is 9.92. The number of likely N-dealkylation sites (tertiary alicyclic amines) is 1. The van der Waals surface area contributed by atoms with Crippen LogP contribution in [0.15, 0.2) is 29.3 Å². The summed E-state index contributed by atoms with van der Waals surface area (Å²) >= 11 is 0. The zero-order chi connectivity index (χ0) is 15.9. The van der Waals surface area contributed by atoms with E-state index in [9.17, 15) is 9.50 Å². The van der Waals surface area contributed by atoms with Crippen LogP contribution in [0.2, 0.25) is 0 Å². The van der Waals surface area contributed by atoms with Crippen molar-refractivity contribution in [3.63, 3.8) is 0 Å². The van der Waals surface area contributed by atoms with E-state index >= 15 is 0 Å². The van der Waals surface area contributed by atoms with Gasteiger partial charge in [0.1, 0.15) is 24.3 Å². The second-order valence-electron chi connectivity index (χ2n) is 5.81. The third-order valence-electron chi connectivity index (χ3n) is 3.70. The fourth-order valence-corrected chi connectivity index (χ4v) is 2.47. The summed E-state index contributed by atoms with van der Waals surface area (Å²) in [5, 5.41) is 9.88. The molecule has 0 spiro atoms. The number of rotatable bonds is 5. The minimum atomic E-state index is -0.745. The Morgan fingerprint density at radius 2 is 2.17 bits per heavy atom. The average molecular weight is 437 g/mol. The Morgan fingerprint density at radius 3 is 2.83 bits per heavy atom. The molecule has 0 aromatic heterocycles. The molecule has 0 bridgehead atoms. The molecular formula is C16H25FIN3O2. The Morgan fingerprint density at radius 1 is 1.48 bits per heavy atom. The van der Waals surface area contributed by atoms with Crippen LogP contribution in [0.25, 0.3) is 0 Å². The maximum absolute atomic E-state index is 12.8. The number of piperidine rings is 1. The number of nitrogens with two attached hydrogens (primary N) is 1. The first-order chi connectivity index (χ1) is 10.5. The minimum Gasteiger partial charge on any atom is -0.491 e. The molecule has 130 valence electrons. The molecule has 1 heterocycles. The Labute approximate surface area is 153 Å². The van der Waals surface area contributed by atoms with Crippen LogP contribution in [0, 0.1) is 11.7 Å². The summed E-state index contributed by atoms with van der Waals surface area (Å²) in [5.41, 5.74) is 5.97. The Bertz CT molecular complexity index is 499. The molecule has 0 aliphatic carbocycles. The van der Waals surface area contributed by atoms with Gasteiger partial charge in [0.2, 0.25) is 0 Å². The van der Waals surface area contributed by atoms with Crippen molar-refractivity contribution in [2.75, 3.05) is 26.2 Å². The molecule has 5 nitrogen and oxygen atoms in total. The predicted octanol–water partition coefficient (Wildman–Crippen LogP) is 2.23. The molecule has 1 aliphatic heterocycles. The van der Waals surface area contributed by atoms with E-state index in [1.165, 1.54) is 30.7 Å². The van der Waals surface area contributed by atoms with Crippen molar-refractivity contribution in [1.29, 1.82) is 0 Å². The maximum Gasteiger partial charge on any atom is 0.191 e. The fraction of sp³-hybridized carbons (Fsp3) is 0.562. The van der Waals surface area contributed by atoms with E-state index in [0.717, 1.165) is 19.5 Å². The van der Waals surface area contributed by atoms with E-state index < -0.39 is 6.10 Å². The first kappa shape index (κ1) is 20.0. The lowest BCUT2D eigenvalue weighted by molar-refractivity contribution is 0.114. The molecule has 0 saturated carbocycles. The van der Waals surface area contributed by atoms with E-state index in [4.69, 9.17) is 10.5 Å². The van der Waals surface area contributed by atoms with Gasteiger partial charge in [-0.2, -0.15) is 0 Å². The van der Waals surface area contributed by atoms with Gasteiger partial charge >= 0.3 is 0 Å². The normalized spacial score (nSPS) is 19.9. The summed E-state index contributed by atoms with van der Waals surface area (Å²) in [6.45, 7) is 4.32. The number of ether oxygens (including phenoxy) is 1. The van der Waals surface area contributed by atoms with E-state index in [1.54, 1.807) is 0 Å². The molecule has 1 aromatic carbocycles. The number of hydrogen-bond acceptors (Lipinski definition) is 3. The van der Waals surface area contributed by atoms with Crippen molar-refractivity contribution in [3.05, 3.63) is 30.1 Å². The summed E-state index contributed by atoms with van der Waals surface area (Å²) in [5.74, 6) is 1.30. The summed E-state index contributed by atoms with van der Waals surface area (Å²) < 4.78 is 18.1. The molecular weight excluding hydrogens is 412 g/mol. The topological polar surface area (TPSA) is 71.1 Å². The number of aliphatic imine (C=N–C) groups is 1. The summed E-state index contributed by atoms with van der Waals surface area (Å²) in [7, 11) is 0. The number of hydrogen-bond donors (Lipinski definition) is 2. The van der Waals surface area contributed by atoms with Gasteiger partial charge in [-0.25, -0.2) is 4.39 Å². The van der Waals surface area contributed by atoms with Crippen molar-refractivity contribution in [3.8, 4) is 5.75 Å². The molecule has 23 heavy (non-hydrogen) atoms. The summed E-state index contributed by atoms with van der Waals surface area (Å²) in [4.78, 5) is 6.30. The first-order valence-electron chi connectivity index (χ1n) is 7.66. The second-order valence-corrected chi connectivity index (χ2v) is 5.81.